The minimum absolute atomic E-state index is 0.000474. The van der Waals surface area contributed by atoms with Crippen molar-refractivity contribution in [2.75, 3.05) is 6.54 Å². The van der Waals surface area contributed by atoms with E-state index in [-0.39, 0.29) is 22.8 Å². The van der Waals surface area contributed by atoms with E-state index in [1.165, 1.54) is 12.1 Å². The molecule has 2 aromatic carbocycles. The van der Waals surface area contributed by atoms with Crippen LogP contribution in [0.25, 0.3) is 0 Å². The SMILES string of the molecule is O=C(NCC1(O)CCc2ccccc21)c1ccc([N+](=O)[O-])cc1Cl. The van der Waals surface area contributed by atoms with Gasteiger partial charge in [-0.05, 0) is 30.0 Å². The molecule has 1 aliphatic carbocycles. The van der Waals surface area contributed by atoms with Crippen LogP contribution in [-0.2, 0) is 12.0 Å². The summed E-state index contributed by atoms with van der Waals surface area (Å²) in [6.45, 7) is 0.0517. The van der Waals surface area contributed by atoms with Gasteiger partial charge in [-0.1, -0.05) is 35.9 Å². The first-order valence-electron chi connectivity index (χ1n) is 7.44. The van der Waals surface area contributed by atoms with Crippen LogP contribution >= 0.6 is 11.6 Å². The number of nitrogens with zero attached hydrogens (tertiary/aromatic N) is 1. The number of carbonyl (C=O) groups is 1. The first-order chi connectivity index (χ1) is 11.4. The third-order valence-corrected chi connectivity index (χ3v) is 4.59. The summed E-state index contributed by atoms with van der Waals surface area (Å²) in [5.74, 6) is -0.479. The van der Waals surface area contributed by atoms with Crippen LogP contribution < -0.4 is 5.32 Å². The smallest absolute Gasteiger partial charge is 0.270 e. The summed E-state index contributed by atoms with van der Waals surface area (Å²) < 4.78 is 0. The molecule has 6 nitrogen and oxygen atoms in total. The van der Waals surface area contributed by atoms with E-state index in [2.05, 4.69) is 5.32 Å². The first kappa shape index (κ1) is 16.4. The fourth-order valence-corrected chi connectivity index (χ4v) is 3.24. The molecule has 0 aromatic heterocycles. The van der Waals surface area contributed by atoms with Crippen molar-refractivity contribution in [3.05, 3.63) is 74.3 Å². The van der Waals surface area contributed by atoms with Crippen molar-refractivity contribution in [3.63, 3.8) is 0 Å². The quantitative estimate of drug-likeness (QED) is 0.657. The van der Waals surface area contributed by atoms with Gasteiger partial charge >= 0.3 is 0 Å². The Morgan fingerprint density at radius 3 is 2.79 bits per heavy atom. The van der Waals surface area contributed by atoms with Gasteiger partial charge in [0.1, 0.15) is 5.60 Å². The fourth-order valence-electron chi connectivity index (χ4n) is 2.98. The van der Waals surface area contributed by atoms with Crippen molar-refractivity contribution >= 4 is 23.2 Å². The molecular weight excluding hydrogens is 332 g/mol. The second kappa shape index (κ2) is 6.22. The number of carbonyl (C=O) groups excluding carboxylic acids is 1. The zero-order valence-corrected chi connectivity index (χ0v) is 13.4. The molecule has 0 bridgehead atoms. The van der Waals surface area contributed by atoms with Gasteiger partial charge in [0.25, 0.3) is 11.6 Å². The first-order valence-corrected chi connectivity index (χ1v) is 7.81. The molecule has 0 aliphatic heterocycles. The summed E-state index contributed by atoms with van der Waals surface area (Å²) in [6, 6.07) is 11.2. The van der Waals surface area contributed by atoms with Gasteiger partial charge in [0.05, 0.1) is 22.1 Å². The highest BCUT2D eigenvalue weighted by atomic mass is 35.5. The third kappa shape index (κ3) is 2.98. The van der Waals surface area contributed by atoms with Crippen LogP contribution in [0.3, 0.4) is 0 Å². The Morgan fingerprint density at radius 2 is 2.08 bits per heavy atom. The van der Waals surface area contributed by atoms with Crippen molar-refractivity contribution in [2.45, 2.75) is 18.4 Å². The van der Waals surface area contributed by atoms with Crippen molar-refractivity contribution in [2.24, 2.45) is 0 Å². The van der Waals surface area contributed by atoms with E-state index < -0.39 is 16.4 Å². The number of amides is 1. The maximum Gasteiger partial charge on any atom is 0.270 e. The van der Waals surface area contributed by atoms with E-state index in [4.69, 9.17) is 11.6 Å². The van der Waals surface area contributed by atoms with Crippen LogP contribution in [0.1, 0.15) is 27.9 Å². The average molecular weight is 347 g/mol. The Balaban J connectivity index is 1.74. The Morgan fingerprint density at radius 1 is 1.33 bits per heavy atom. The molecule has 2 aromatic rings. The molecule has 0 heterocycles. The number of aliphatic hydroxyl groups is 1. The molecule has 24 heavy (non-hydrogen) atoms. The van der Waals surface area contributed by atoms with Crippen LogP contribution in [0.2, 0.25) is 5.02 Å². The van der Waals surface area contributed by atoms with Crippen molar-refractivity contribution in [1.29, 1.82) is 0 Å². The summed E-state index contributed by atoms with van der Waals surface area (Å²) >= 11 is 5.95. The molecule has 7 heteroatoms. The zero-order chi connectivity index (χ0) is 17.3. The second-order valence-corrected chi connectivity index (χ2v) is 6.20. The Hall–Kier alpha value is -2.44. The minimum Gasteiger partial charge on any atom is -0.383 e. The number of fused-ring (bicyclic) bond motifs is 1. The molecule has 0 saturated heterocycles. The predicted molar refractivity (Wildman–Crippen MR) is 89.1 cm³/mol. The average Bonchev–Trinajstić information content (AvgIpc) is 2.91. The molecule has 1 atom stereocenters. The van der Waals surface area contributed by atoms with E-state index in [0.29, 0.717) is 6.42 Å². The monoisotopic (exact) mass is 346 g/mol. The van der Waals surface area contributed by atoms with E-state index in [9.17, 15) is 20.0 Å². The van der Waals surface area contributed by atoms with E-state index in [0.717, 1.165) is 23.6 Å². The molecule has 0 saturated carbocycles. The Labute approximate surface area is 143 Å². The number of nitro groups is 1. The normalized spacial score (nSPS) is 18.9. The van der Waals surface area contributed by atoms with Gasteiger partial charge in [0, 0.05) is 12.1 Å². The van der Waals surface area contributed by atoms with Crippen molar-refractivity contribution in [1.82, 2.24) is 5.32 Å². The molecule has 0 radical (unpaired) electrons. The summed E-state index contributed by atoms with van der Waals surface area (Å²) in [4.78, 5) is 22.4. The van der Waals surface area contributed by atoms with Gasteiger partial charge < -0.3 is 10.4 Å². The van der Waals surface area contributed by atoms with Crippen molar-refractivity contribution < 1.29 is 14.8 Å². The number of nitrogens with one attached hydrogen (secondary N) is 1. The molecule has 0 spiro atoms. The summed E-state index contributed by atoms with van der Waals surface area (Å²) in [5, 5.41) is 24.2. The Bertz CT molecular complexity index is 824. The summed E-state index contributed by atoms with van der Waals surface area (Å²) in [5.41, 5.74) is 0.735. The van der Waals surface area contributed by atoms with Crippen LogP contribution in [0.4, 0.5) is 5.69 Å². The van der Waals surface area contributed by atoms with Crippen LogP contribution in [0.5, 0.6) is 0 Å². The largest absolute Gasteiger partial charge is 0.383 e. The third-order valence-electron chi connectivity index (χ3n) is 4.28. The van der Waals surface area contributed by atoms with Crippen LogP contribution in [0.15, 0.2) is 42.5 Å². The highest BCUT2D eigenvalue weighted by Crippen LogP contribution is 2.36. The molecule has 124 valence electrons. The molecule has 1 amide bonds. The topological polar surface area (TPSA) is 92.5 Å². The summed E-state index contributed by atoms with van der Waals surface area (Å²) in [6.07, 6.45) is 1.28. The lowest BCUT2D eigenvalue weighted by molar-refractivity contribution is -0.384. The van der Waals surface area contributed by atoms with Gasteiger partial charge in [-0.2, -0.15) is 0 Å². The van der Waals surface area contributed by atoms with Crippen LogP contribution in [-0.4, -0.2) is 22.5 Å². The number of non-ortho nitro benzene ring substituents is 1. The predicted octanol–water partition coefficient (Wildman–Crippen LogP) is 2.81. The number of benzene rings is 2. The van der Waals surface area contributed by atoms with Gasteiger partial charge in [-0.25, -0.2) is 0 Å². The number of rotatable bonds is 4. The van der Waals surface area contributed by atoms with E-state index in [1.54, 1.807) is 0 Å². The van der Waals surface area contributed by atoms with Crippen LogP contribution in [0, 0.1) is 10.1 Å². The van der Waals surface area contributed by atoms with Crippen molar-refractivity contribution in [3.8, 4) is 0 Å². The molecule has 3 rings (SSSR count). The molecular formula is C17H15ClN2O4. The number of hydrogen-bond donors (Lipinski definition) is 2. The molecule has 0 fully saturated rings. The number of hydrogen-bond acceptors (Lipinski definition) is 4. The lowest BCUT2D eigenvalue weighted by Crippen LogP contribution is -2.39. The maximum atomic E-state index is 12.3. The highest BCUT2D eigenvalue weighted by molar-refractivity contribution is 6.34. The highest BCUT2D eigenvalue weighted by Gasteiger charge is 2.36. The fraction of sp³-hybridized carbons (Fsp3) is 0.235. The standard InChI is InChI=1S/C17H15ClN2O4/c18-15-9-12(20(23)24)5-6-13(15)16(21)19-10-17(22)8-7-11-3-1-2-4-14(11)17/h1-6,9,22H,7-8,10H2,(H,19,21). The van der Waals surface area contributed by atoms with E-state index in [1.807, 2.05) is 24.3 Å². The van der Waals surface area contributed by atoms with Gasteiger partial charge in [0.15, 0.2) is 0 Å². The Kier molecular flexibility index (Phi) is 4.26. The maximum absolute atomic E-state index is 12.3. The number of halogens is 1. The molecule has 1 unspecified atom stereocenters. The second-order valence-electron chi connectivity index (χ2n) is 5.79. The minimum atomic E-state index is -1.11. The lowest BCUT2D eigenvalue weighted by Gasteiger charge is -2.24. The summed E-state index contributed by atoms with van der Waals surface area (Å²) in [7, 11) is 0. The number of aryl methyl sites for hydroxylation is 1. The molecule has 1 aliphatic rings. The van der Waals surface area contributed by atoms with Gasteiger partial charge in [0.2, 0.25) is 0 Å². The number of nitro benzene ring substituents is 1. The van der Waals surface area contributed by atoms with Gasteiger partial charge in [-0.3, -0.25) is 14.9 Å². The zero-order valence-electron chi connectivity index (χ0n) is 12.7. The van der Waals surface area contributed by atoms with Gasteiger partial charge in [-0.15, -0.1) is 0 Å². The lowest BCUT2D eigenvalue weighted by atomic mass is 9.96. The van der Waals surface area contributed by atoms with E-state index >= 15 is 0 Å². The molecule has 2 N–H and O–H groups in total.